The zero-order valence-electron chi connectivity index (χ0n) is 12.4. The zero-order valence-corrected chi connectivity index (χ0v) is 13.3. The van der Waals surface area contributed by atoms with Gasteiger partial charge in [-0.2, -0.15) is 0 Å². The smallest absolute Gasteiger partial charge is 0.268 e. The van der Waals surface area contributed by atoms with Crippen LogP contribution in [0.1, 0.15) is 25.7 Å². The summed E-state index contributed by atoms with van der Waals surface area (Å²) in [5.41, 5.74) is 8.54. The fraction of sp³-hybridized carbons (Fsp3) is 0.235. The van der Waals surface area contributed by atoms with Crippen LogP contribution in [-0.4, -0.2) is 19.5 Å². The van der Waals surface area contributed by atoms with Gasteiger partial charge in [0.2, 0.25) is 0 Å². The Bertz CT molecular complexity index is 702. The highest BCUT2D eigenvalue weighted by atomic mass is 32.1. The van der Waals surface area contributed by atoms with E-state index in [1.165, 1.54) is 11.3 Å². The predicted molar refractivity (Wildman–Crippen MR) is 88.9 cm³/mol. The van der Waals surface area contributed by atoms with Crippen molar-refractivity contribution in [2.24, 2.45) is 5.73 Å². The van der Waals surface area contributed by atoms with Gasteiger partial charge in [0.25, 0.3) is 5.91 Å². The summed E-state index contributed by atoms with van der Waals surface area (Å²) in [6.07, 6.45) is 0. The van der Waals surface area contributed by atoms with Crippen LogP contribution < -0.4 is 10.6 Å². The van der Waals surface area contributed by atoms with E-state index in [0.29, 0.717) is 11.4 Å². The van der Waals surface area contributed by atoms with Crippen LogP contribution in [0.2, 0.25) is 0 Å². The van der Waals surface area contributed by atoms with E-state index in [4.69, 9.17) is 5.73 Å². The molecule has 0 unspecified atom stereocenters. The van der Waals surface area contributed by atoms with Crippen LogP contribution in [0.15, 0.2) is 30.3 Å². The molecule has 1 amide bonds. The number of hydrogen-bond donors (Lipinski definition) is 1. The summed E-state index contributed by atoms with van der Waals surface area (Å²) in [5, 5.41) is 0. The molecule has 2 rings (SSSR count). The Morgan fingerprint density at radius 2 is 1.90 bits per heavy atom. The minimum atomic E-state index is -0.0224. The molecule has 0 spiro atoms. The molecule has 0 saturated carbocycles. The molecule has 0 fully saturated rings. The molecular formula is C17H18N2OS. The number of hydrogen-bond acceptors (Lipinski definition) is 3. The molecule has 1 aromatic heterocycles. The van der Waals surface area contributed by atoms with Gasteiger partial charge in [-0.3, -0.25) is 4.79 Å². The normalized spacial score (nSPS) is 9.90. The van der Waals surface area contributed by atoms with Gasteiger partial charge in [-0.1, -0.05) is 17.9 Å². The number of benzene rings is 1. The second kappa shape index (κ2) is 6.57. The number of carbonyl (C=O) groups excluding carboxylic acids is 1. The van der Waals surface area contributed by atoms with Gasteiger partial charge in [-0.05, 0) is 49.2 Å². The van der Waals surface area contributed by atoms with Crippen molar-refractivity contribution in [1.29, 1.82) is 0 Å². The van der Waals surface area contributed by atoms with Crippen molar-refractivity contribution in [2.75, 3.05) is 18.5 Å². The van der Waals surface area contributed by atoms with Gasteiger partial charge in [-0.15, -0.1) is 11.3 Å². The van der Waals surface area contributed by atoms with Gasteiger partial charge in [0.15, 0.2) is 0 Å². The van der Waals surface area contributed by atoms with Crippen LogP contribution in [-0.2, 0) is 0 Å². The molecular weight excluding hydrogens is 280 g/mol. The van der Waals surface area contributed by atoms with Crippen LogP contribution >= 0.6 is 11.3 Å². The number of anilines is 1. The number of thiophene rings is 1. The van der Waals surface area contributed by atoms with Crippen molar-refractivity contribution < 1.29 is 4.79 Å². The summed E-state index contributed by atoms with van der Waals surface area (Å²) in [7, 11) is 1.79. The number of nitrogens with two attached hydrogens (primary N) is 1. The molecule has 21 heavy (non-hydrogen) atoms. The highest BCUT2D eigenvalue weighted by Gasteiger charge is 2.15. The standard InChI is InChI=1S/C17H18N2OS/c1-12-9-13(2)11-14(10-12)19(3)17(20)16-7-6-15(21-16)5-4-8-18/h6-7,9-11H,8,18H2,1-3H3. The van der Waals surface area contributed by atoms with Crippen LogP contribution in [0.25, 0.3) is 0 Å². The topological polar surface area (TPSA) is 46.3 Å². The first-order valence-corrected chi connectivity index (χ1v) is 7.48. The fourth-order valence-corrected chi connectivity index (χ4v) is 2.94. The summed E-state index contributed by atoms with van der Waals surface area (Å²) >= 11 is 1.39. The fourth-order valence-electron chi connectivity index (χ4n) is 2.08. The van der Waals surface area contributed by atoms with Crippen molar-refractivity contribution in [3.05, 3.63) is 51.2 Å². The molecule has 4 heteroatoms. The minimum Gasteiger partial charge on any atom is -0.320 e. The molecule has 0 atom stereocenters. The lowest BCUT2D eigenvalue weighted by atomic mass is 10.1. The second-order valence-corrected chi connectivity index (χ2v) is 5.96. The van der Waals surface area contributed by atoms with Crippen molar-refractivity contribution in [3.63, 3.8) is 0 Å². The molecule has 0 aliphatic heterocycles. The van der Waals surface area contributed by atoms with E-state index in [1.807, 2.05) is 38.1 Å². The maximum atomic E-state index is 12.5. The van der Waals surface area contributed by atoms with Crippen molar-refractivity contribution in [2.45, 2.75) is 13.8 Å². The molecule has 0 bridgehead atoms. The Hall–Kier alpha value is -2.09. The molecule has 0 saturated heterocycles. The maximum absolute atomic E-state index is 12.5. The van der Waals surface area contributed by atoms with Crippen LogP contribution in [0.4, 0.5) is 5.69 Å². The first-order valence-electron chi connectivity index (χ1n) is 6.66. The van der Waals surface area contributed by atoms with Gasteiger partial charge >= 0.3 is 0 Å². The molecule has 2 aromatic rings. The lowest BCUT2D eigenvalue weighted by molar-refractivity contribution is 0.0997. The average molecular weight is 298 g/mol. The van der Waals surface area contributed by atoms with Crippen molar-refractivity contribution in [3.8, 4) is 11.8 Å². The molecule has 108 valence electrons. The Labute approximate surface area is 129 Å². The van der Waals surface area contributed by atoms with Crippen LogP contribution in [0.3, 0.4) is 0 Å². The summed E-state index contributed by atoms with van der Waals surface area (Å²) in [6, 6.07) is 9.78. The monoisotopic (exact) mass is 298 g/mol. The number of amides is 1. The SMILES string of the molecule is Cc1cc(C)cc(N(C)C(=O)c2ccc(C#CCN)s2)c1. The lowest BCUT2D eigenvalue weighted by Gasteiger charge is -2.17. The molecule has 2 N–H and O–H groups in total. The highest BCUT2D eigenvalue weighted by Crippen LogP contribution is 2.22. The first-order chi connectivity index (χ1) is 10.0. The van der Waals surface area contributed by atoms with Gasteiger partial charge < -0.3 is 10.6 Å². The van der Waals surface area contributed by atoms with Crippen LogP contribution in [0, 0.1) is 25.7 Å². The van der Waals surface area contributed by atoms with E-state index < -0.39 is 0 Å². The van der Waals surface area contributed by atoms with E-state index >= 15 is 0 Å². The molecule has 3 nitrogen and oxygen atoms in total. The molecule has 1 heterocycles. The summed E-state index contributed by atoms with van der Waals surface area (Å²) in [4.78, 5) is 15.7. The molecule has 0 aliphatic carbocycles. The third kappa shape index (κ3) is 3.72. The Balaban J connectivity index is 2.24. The third-order valence-corrected chi connectivity index (χ3v) is 4.02. The Morgan fingerprint density at radius 3 is 2.52 bits per heavy atom. The number of aryl methyl sites for hydroxylation is 2. The van der Waals surface area contributed by atoms with E-state index in [-0.39, 0.29) is 5.91 Å². The van der Waals surface area contributed by atoms with Gasteiger partial charge in [0.05, 0.1) is 16.3 Å². The summed E-state index contributed by atoms with van der Waals surface area (Å²) < 4.78 is 0. The van der Waals surface area contributed by atoms with Gasteiger partial charge in [0, 0.05) is 12.7 Å². The van der Waals surface area contributed by atoms with E-state index in [2.05, 4.69) is 17.9 Å². The summed E-state index contributed by atoms with van der Waals surface area (Å²) in [6.45, 7) is 4.38. The van der Waals surface area contributed by atoms with Crippen molar-refractivity contribution >= 4 is 22.9 Å². The van der Waals surface area contributed by atoms with E-state index in [0.717, 1.165) is 21.7 Å². The number of nitrogens with zero attached hydrogens (tertiary/aromatic N) is 1. The molecule has 1 aromatic carbocycles. The predicted octanol–water partition coefficient (Wildman–Crippen LogP) is 2.95. The number of carbonyl (C=O) groups is 1. The largest absolute Gasteiger partial charge is 0.320 e. The van der Waals surface area contributed by atoms with Crippen LogP contribution in [0.5, 0.6) is 0 Å². The Kier molecular flexibility index (Phi) is 4.79. The Morgan fingerprint density at radius 1 is 1.24 bits per heavy atom. The summed E-state index contributed by atoms with van der Waals surface area (Å²) in [5.74, 6) is 5.72. The van der Waals surface area contributed by atoms with E-state index in [1.54, 1.807) is 11.9 Å². The second-order valence-electron chi connectivity index (χ2n) is 4.88. The van der Waals surface area contributed by atoms with Gasteiger partial charge in [-0.25, -0.2) is 0 Å². The molecule has 0 radical (unpaired) electrons. The zero-order chi connectivity index (χ0) is 15.4. The minimum absolute atomic E-state index is 0.0224. The molecule has 0 aliphatic rings. The quantitative estimate of drug-likeness (QED) is 0.867. The lowest BCUT2D eigenvalue weighted by Crippen LogP contribution is -2.25. The van der Waals surface area contributed by atoms with Gasteiger partial charge in [0.1, 0.15) is 0 Å². The van der Waals surface area contributed by atoms with Crippen molar-refractivity contribution in [1.82, 2.24) is 0 Å². The first kappa shape index (κ1) is 15.3. The van der Waals surface area contributed by atoms with E-state index in [9.17, 15) is 4.79 Å². The maximum Gasteiger partial charge on any atom is 0.268 e. The highest BCUT2D eigenvalue weighted by molar-refractivity contribution is 7.14. The number of rotatable bonds is 2. The third-order valence-electron chi connectivity index (χ3n) is 3.03. The average Bonchev–Trinajstić information content (AvgIpc) is 2.91.